The molecular formula is C14H22N4O. The van der Waals surface area contributed by atoms with Crippen LogP contribution in [-0.4, -0.2) is 35.3 Å². The molecule has 0 bridgehead atoms. The third-order valence-electron chi connectivity index (χ3n) is 3.32. The van der Waals surface area contributed by atoms with Crippen molar-refractivity contribution in [2.24, 2.45) is 0 Å². The van der Waals surface area contributed by atoms with Crippen LogP contribution in [0.3, 0.4) is 0 Å². The fourth-order valence-electron chi connectivity index (χ4n) is 2.29. The maximum atomic E-state index is 11.8. The van der Waals surface area contributed by atoms with E-state index in [0.717, 1.165) is 37.3 Å². The van der Waals surface area contributed by atoms with Crippen LogP contribution in [0.4, 0.5) is 0 Å². The van der Waals surface area contributed by atoms with Gasteiger partial charge in [0.2, 0.25) is 5.91 Å². The molecule has 0 unspecified atom stereocenters. The number of hydrogen-bond acceptors (Lipinski definition) is 3. The van der Waals surface area contributed by atoms with Crippen LogP contribution >= 0.6 is 0 Å². The molecule has 1 aromatic rings. The number of nitrogens with one attached hydrogen (secondary N) is 2. The number of aromatic nitrogens is 2. The summed E-state index contributed by atoms with van der Waals surface area (Å²) >= 11 is 0. The van der Waals surface area contributed by atoms with Gasteiger partial charge < -0.3 is 10.6 Å². The number of carbonyl (C=O) groups excluding carboxylic acids is 1. The summed E-state index contributed by atoms with van der Waals surface area (Å²) in [4.78, 5) is 11.8. The number of rotatable bonds is 5. The zero-order valence-electron chi connectivity index (χ0n) is 11.7. The van der Waals surface area contributed by atoms with Crippen molar-refractivity contribution in [3.8, 4) is 0 Å². The van der Waals surface area contributed by atoms with Gasteiger partial charge in [-0.3, -0.25) is 9.48 Å². The minimum Gasteiger partial charge on any atom is -0.354 e. The average molecular weight is 262 g/mol. The van der Waals surface area contributed by atoms with Crippen LogP contribution in [0.5, 0.6) is 0 Å². The van der Waals surface area contributed by atoms with Gasteiger partial charge in [0.15, 0.2) is 0 Å². The van der Waals surface area contributed by atoms with Crippen LogP contribution < -0.4 is 10.6 Å². The zero-order chi connectivity index (χ0) is 13.7. The Hall–Kier alpha value is -1.62. The Morgan fingerprint density at radius 2 is 2.37 bits per heavy atom. The molecule has 0 spiro atoms. The van der Waals surface area contributed by atoms with Gasteiger partial charge in [0.25, 0.3) is 0 Å². The standard InChI is InChI=1S/C14H22N4O/c1-11-9-12(2)18(17-11)10-14(19)16-8-5-13-3-6-15-7-4-13/h3,9,15H,4-8,10H2,1-2H3,(H,16,19). The third-order valence-corrected chi connectivity index (χ3v) is 3.32. The molecule has 1 aliphatic rings. The van der Waals surface area contributed by atoms with Crippen LogP contribution in [0.15, 0.2) is 17.7 Å². The Balaban J connectivity index is 1.72. The van der Waals surface area contributed by atoms with Gasteiger partial charge in [-0.25, -0.2) is 0 Å². The first kappa shape index (κ1) is 13.8. The van der Waals surface area contributed by atoms with Crippen molar-refractivity contribution in [2.75, 3.05) is 19.6 Å². The molecule has 0 saturated heterocycles. The SMILES string of the molecule is Cc1cc(C)n(CC(=O)NCCC2=CCNCC2)n1. The smallest absolute Gasteiger partial charge is 0.241 e. The maximum absolute atomic E-state index is 11.8. The molecule has 0 fully saturated rings. The van der Waals surface area contributed by atoms with Gasteiger partial charge in [-0.2, -0.15) is 5.10 Å². The van der Waals surface area contributed by atoms with E-state index in [1.165, 1.54) is 5.57 Å². The fraction of sp³-hybridized carbons (Fsp3) is 0.571. The van der Waals surface area contributed by atoms with Gasteiger partial charge in [-0.15, -0.1) is 0 Å². The molecule has 2 heterocycles. The van der Waals surface area contributed by atoms with Gasteiger partial charge in [0.1, 0.15) is 6.54 Å². The normalized spacial score (nSPS) is 15.2. The summed E-state index contributed by atoms with van der Waals surface area (Å²) in [5, 5.41) is 10.5. The molecule has 1 amide bonds. The van der Waals surface area contributed by atoms with Crippen molar-refractivity contribution in [2.45, 2.75) is 33.2 Å². The molecule has 0 aromatic carbocycles. The number of nitrogens with zero attached hydrogens (tertiary/aromatic N) is 2. The maximum Gasteiger partial charge on any atom is 0.241 e. The van der Waals surface area contributed by atoms with Crippen LogP contribution in [0.25, 0.3) is 0 Å². The van der Waals surface area contributed by atoms with Crippen LogP contribution in [0.1, 0.15) is 24.2 Å². The summed E-state index contributed by atoms with van der Waals surface area (Å²) in [5.74, 6) is 0.0285. The Labute approximate surface area is 114 Å². The van der Waals surface area contributed by atoms with E-state index < -0.39 is 0 Å². The van der Waals surface area contributed by atoms with Crippen molar-refractivity contribution < 1.29 is 4.79 Å². The van der Waals surface area contributed by atoms with E-state index in [9.17, 15) is 4.79 Å². The molecule has 1 aromatic heterocycles. The van der Waals surface area contributed by atoms with Crippen LogP contribution in [-0.2, 0) is 11.3 Å². The van der Waals surface area contributed by atoms with E-state index in [0.29, 0.717) is 13.1 Å². The Morgan fingerprint density at radius 1 is 1.53 bits per heavy atom. The quantitative estimate of drug-likeness (QED) is 0.776. The number of aryl methyl sites for hydroxylation is 2. The molecule has 0 aliphatic carbocycles. The summed E-state index contributed by atoms with van der Waals surface area (Å²) in [5.41, 5.74) is 3.41. The lowest BCUT2D eigenvalue weighted by Gasteiger charge is -2.14. The number of hydrogen-bond donors (Lipinski definition) is 2. The van der Waals surface area contributed by atoms with Gasteiger partial charge in [-0.1, -0.05) is 11.6 Å². The molecule has 19 heavy (non-hydrogen) atoms. The van der Waals surface area contributed by atoms with Crippen molar-refractivity contribution in [1.82, 2.24) is 20.4 Å². The highest BCUT2D eigenvalue weighted by Gasteiger charge is 2.07. The van der Waals surface area contributed by atoms with E-state index in [1.807, 2.05) is 19.9 Å². The lowest BCUT2D eigenvalue weighted by molar-refractivity contribution is -0.121. The third kappa shape index (κ3) is 4.21. The molecule has 0 atom stereocenters. The highest BCUT2D eigenvalue weighted by molar-refractivity contribution is 5.75. The van der Waals surface area contributed by atoms with Crippen molar-refractivity contribution in [3.05, 3.63) is 29.1 Å². The summed E-state index contributed by atoms with van der Waals surface area (Å²) in [7, 11) is 0. The van der Waals surface area contributed by atoms with E-state index in [1.54, 1.807) is 4.68 Å². The van der Waals surface area contributed by atoms with E-state index in [4.69, 9.17) is 0 Å². The summed E-state index contributed by atoms with van der Waals surface area (Å²) in [6.45, 7) is 6.92. The van der Waals surface area contributed by atoms with Gasteiger partial charge in [0.05, 0.1) is 5.69 Å². The molecule has 1 aliphatic heterocycles. The predicted octanol–water partition coefficient (Wildman–Crippen LogP) is 0.926. The van der Waals surface area contributed by atoms with E-state index in [-0.39, 0.29) is 5.91 Å². The molecule has 2 rings (SSSR count). The summed E-state index contributed by atoms with van der Waals surface area (Å²) in [6.07, 6.45) is 4.26. The molecular weight excluding hydrogens is 240 g/mol. The number of carbonyl (C=O) groups is 1. The average Bonchev–Trinajstić information content (AvgIpc) is 2.69. The first-order valence-corrected chi connectivity index (χ1v) is 6.81. The first-order valence-electron chi connectivity index (χ1n) is 6.81. The van der Waals surface area contributed by atoms with Crippen LogP contribution in [0, 0.1) is 13.8 Å². The highest BCUT2D eigenvalue weighted by atomic mass is 16.2. The lowest BCUT2D eigenvalue weighted by atomic mass is 10.1. The molecule has 2 N–H and O–H groups in total. The minimum absolute atomic E-state index is 0.0285. The molecule has 104 valence electrons. The van der Waals surface area contributed by atoms with Crippen molar-refractivity contribution >= 4 is 5.91 Å². The Morgan fingerprint density at radius 3 is 3.00 bits per heavy atom. The van der Waals surface area contributed by atoms with Crippen LogP contribution in [0.2, 0.25) is 0 Å². The second-order valence-corrected chi connectivity index (χ2v) is 5.00. The predicted molar refractivity (Wildman–Crippen MR) is 74.9 cm³/mol. The Bertz CT molecular complexity index is 476. The minimum atomic E-state index is 0.0285. The van der Waals surface area contributed by atoms with E-state index >= 15 is 0 Å². The Kier molecular flexibility index (Phi) is 4.74. The largest absolute Gasteiger partial charge is 0.354 e. The molecule has 5 heteroatoms. The zero-order valence-corrected chi connectivity index (χ0v) is 11.7. The molecule has 0 radical (unpaired) electrons. The summed E-state index contributed by atoms with van der Waals surface area (Å²) < 4.78 is 1.74. The second kappa shape index (κ2) is 6.52. The highest BCUT2D eigenvalue weighted by Crippen LogP contribution is 2.07. The van der Waals surface area contributed by atoms with E-state index in [2.05, 4.69) is 21.8 Å². The van der Waals surface area contributed by atoms with Gasteiger partial charge in [-0.05, 0) is 39.3 Å². The molecule has 0 saturated carbocycles. The number of amides is 1. The monoisotopic (exact) mass is 262 g/mol. The topological polar surface area (TPSA) is 59.0 Å². The van der Waals surface area contributed by atoms with Gasteiger partial charge in [0, 0.05) is 18.8 Å². The lowest BCUT2D eigenvalue weighted by Crippen LogP contribution is -2.30. The van der Waals surface area contributed by atoms with Crippen molar-refractivity contribution in [3.63, 3.8) is 0 Å². The second-order valence-electron chi connectivity index (χ2n) is 5.00. The fourth-order valence-corrected chi connectivity index (χ4v) is 2.29. The van der Waals surface area contributed by atoms with Crippen molar-refractivity contribution in [1.29, 1.82) is 0 Å². The molecule has 5 nitrogen and oxygen atoms in total. The van der Waals surface area contributed by atoms with Gasteiger partial charge >= 0.3 is 0 Å². The first-order chi connectivity index (χ1) is 9.15. The summed E-state index contributed by atoms with van der Waals surface area (Å²) in [6, 6.07) is 1.98.